The Bertz CT molecular complexity index is 555. The molecule has 0 aliphatic carbocycles. The van der Waals surface area contributed by atoms with Crippen molar-refractivity contribution in [2.75, 3.05) is 39.9 Å². The lowest BCUT2D eigenvalue weighted by Gasteiger charge is -2.34. The summed E-state index contributed by atoms with van der Waals surface area (Å²) >= 11 is 0. The summed E-state index contributed by atoms with van der Waals surface area (Å²) in [5.74, 6) is 0.176. The van der Waals surface area contributed by atoms with E-state index in [1.807, 2.05) is 0 Å². The number of hydrogen-bond donors (Lipinski definition) is 0. The monoisotopic (exact) mass is 336 g/mol. The molecule has 2 heterocycles. The Morgan fingerprint density at radius 3 is 2.58 bits per heavy atom. The second kappa shape index (κ2) is 8.05. The first-order valence-electron chi connectivity index (χ1n) is 8.56. The summed E-state index contributed by atoms with van der Waals surface area (Å²) in [4.78, 5) is 16.1. The maximum atomic E-state index is 13.7. The van der Waals surface area contributed by atoms with Crippen LogP contribution in [0.1, 0.15) is 18.4 Å². The van der Waals surface area contributed by atoms with Gasteiger partial charge in [-0.05, 0) is 32.0 Å². The van der Waals surface area contributed by atoms with Crippen LogP contribution in [0.25, 0.3) is 0 Å². The standard InChI is InChI=1S/C18H25FN2O3/c1-20(12-15-4-2-3-5-16(15)19)17(22)13-21-8-6-14(7-9-21)18-23-10-11-24-18/h2-5,14,18H,6-13H2,1H3. The Morgan fingerprint density at radius 1 is 1.25 bits per heavy atom. The first kappa shape index (κ1) is 17.3. The van der Waals surface area contributed by atoms with Crippen LogP contribution in [-0.2, 0) is 20.8 Å². The number of ether oxygens (including phenoxy) is 2. The molecule has 0 aromatic heterocycles. The van der Waals surface area contributed by atoms with E-state index in [0.717, 1.165) is 25.9 Å². The zero-order valence-corrected chi connectivity index (χ0v) is 14.1. The number of halogens is 1. The number of likely N-dealkylation sites (N-methyl/N-ethyl adjacent to an activating group) is 1. The molecular weight excluding hydrogens is 311 g/mol. The van der Waals surface area contributed by atoms with Crippen LogP contribution in [0.3, 0.4) is 0 Å². The summed E-state index contributed by atoms with van der Waals surface area (Å²) in [5, 5.41) is 0. The number of carbonyl (C=O) groups excluding carboxylic acids is 1. The minimum Gasteiger partial charge on any atom is -0.350 e. The van der Waals surface area contributed by atoms with Crippen molar-refractivity contribution >= 4 is 5.91 Å². The number of benzene rings is 1. The molecule has 1 aromatic rings. The van der Waals surface area contributed by atoms with Crippen LogP contribution in [0.4, 0.5) is 4.39 Å². The average Bonchev–Trinajstić information content (AvgIpc) is 3.12. The van der Waals surface area contributed by atoms with E-state index in [2.05, 4.69) is 4.90 Å². The molecule has 2 fully saturated rings. The summed E-state index contributed by atoms with van der Waals surface area (Å²) in [6.07, 6.45) is 1.90. The molecule has 132 valence electrons. The fourth-order valence-electron chi connectivity index (χ4n) is 3.31. The van der Waals surface area contributed by atoms with Gasteiger partial charge in [0.2, 0.25) is 5.91 Å². The minimum atomic E-state index is -0.269. The van der Waals surface area contributed by atoms with Crippen molar-refractivity contribution in [3.63, 3.8) is 0 Å². The van der Waals surface area contributed by atoms with Crippen LogP contribution in [0.2, 0.25) is 0 Å². The Labute approximate surface area is 142 Å². The Kier molecular flexibility index (Phi) is 5.81. The SMILES string of the molecule is CN(Cc1ccccc1F)C(=O)CN1CCC(C2OCCO2)CC1. The van der Waals surface area contributed by atoms with Gasteiger partial charge >= 0.3 is 0 Å². The van der Waals surface area contributed by atoms with Gasteiger partial charge in [-0.15, -0.1) is 0 Å². The maximum absolute atomic E-state index is 13.7. The van der Waals surface area contributed by atoms with Gasteiger partial charge in [0.15, 0.2) is 6.29 Å². The predicted octanol–water partition coefficient (Wildman–Crippen LogP) is 1.87. The second-order valence-corrected chi connectivity index (χ2v) is 6.56. The molecule has 3 rings (SSSR count). The molecule has 0 radical (unpaired) electrons. The van der Waals surface area contributed by atoms with Crippen molar-refractivity contribution < 1.29 is 18.7 Å². The lowest BCUT2D eigenvalue weighted by molar-refractivity contribution is -0.133. The van der Waals surface area contributed by atoms with Crippen molar-refractivity contribution in [3.8, 4) is 0 Å². The van der Waals surface area contributed by atoms with E-state index >= 15 is 0 Å². The normalized spacial score (nSPS) is 20.4. The highest BCUT2D eigenvalue weighted by atomic mass is 19.1. The number of nitrogens with zero attached hydrogens (tertiary/aromatic N) is 2. The molecule has 0 N–H and O–H groups in total. The molecule has 1 amide bonds. The zero-order chi connectivity index (χ0) is 16.9. The second-order valence-electron chi connectivity index (χ2n) is 6.56. The van der Waals surface area contributed by atoms with Gasteiger partial charge in [0.05, 0.1) is 19.8 Å². The highest BCUT2D eigenvalue weighted by molar-refractivity contribution is 5.78. The van der Waals surface area contributed by atoms with E-state index in [4.69, 9.17) is 9.47 Å². The summed E-state index contributed by atoms with van der Waals surface area (Å²) in [5.41, 5.74) is 0.544. The van der Waals surface area contributed by atoms with Gasteiger partial charge in [-0.25, -0.2) is 4.39 Å². The highest BCUT2D eigenvalue weighted by Gasteiger charge is 2.31. The molecule has 1 aromatic carbocycles. The van der Waals surface area contributed by atoms with E-state index in [1.54, 1.807) is 30.1 Å². The predicted molar refractivity (Wildman–Crippen MR) is 87.7 cm³/mol. The Hall–Kier alpha value is -1.50. The summed E-state index contributed by atoms with van der Waals surface area (Å²) in [6.45, 7) is 3.78. The van der Waals surface area contributed by atoms with Crippen LogP contribution >= 0.6 is 0 Å². The largest absolute Gasteiger partial charge is 0.350 e. The van der Waals surface area contributed by atoms with Gasteiger partial charge in [-0.3, -0.25) is 9.69 Å². The van der Waals surface area contributed by atoms with Crippen molar-refractivity contribution in [1.29, 1.82) is 0 Å². The molecule has 0 saturated carbocycles. The van der Waals surface area contributed by atoms with Gasteiger partial charge in [0.25, 0.3) is 0 Å². The number of hydrogen-bond acceptors (Lipinski definition) is 4. The van der Waals surface area contributed by atoms with Gasteiger partial charge in [0, 0.05) is 25.1 Å². The van der Waals surface area contributed by atoms with Crippen molar-refractivity contribution in [2.45, 2.75) is 25.7 Å². The zero-order valence-electron chi connectivity index (χ0n) is 14.1. The molecule has 6 heteroatoms. The van der Waals surface area contributed by atoms with Gasteiger partial charge in [-0.1, -0.05) is 18.2 Å². The first-order chi connectivity index (χ1) is 11.6. The topological polar surface area (TPSA) is 42.0 Å². The van der Waals surface area contributed by atoms with Crippen molar-refractivity contribution in [2.24, 2.45) is 5.92 Å². The van der Waals surface area contributed by atoms with E-state index in [1.165, 1.54) is 6.07 Å². The third kappa shape index (κ3) is 4.32. The van der Waals surface area contributed by atoms with E-state index in [-0.39, 0.29) is 18.0 Å². The number of amides is 1. The molecule has 0 spiro atoms. The quantitative estimate of drug-likeness (QED) is 0.823. The van der Waals surface area contributed by atoms with Gasteiger partial charge in [0.1, 0.15) is 5.82 Å². The first-order valence-corrected chi connectivity index (χ1v) is 8.56. The lowest BCUT2D eigenvalue weighted by atomic mass is 9.96. The molecular formula is C18H25FN2O3. The van der Waals surface area contributed by atoms with Gasteiger partial charge < -0.3 is 14.4 Å². The average molecular weight is 336 g/mol. The summed E-state index contributed by atoms with van der Waals surface area (Å²) in [6, 6.07) is 6.58. The molecule has 0 unspecified atom stereocenters. The fourth-order valence-corrected chi connectivity index (χ4v) is 3.31. The molecule has 2 aliphatic heterocycles. The minimum absolute atomic E-state index is 0.0186. The summed E-state index contributed by atoms with van der Waals surface area (Å²) < 4.78 is 24.8. The fraction of sp³-hybridized carbons (Fsp3) is 0.611. The highest BCUT2D eigenvalue weighted by Crippen LogP contribution is 2.25. The number of piperidine rings is 1. The molecule has 0 atom stereocenters. The number of likely N-dealkylation sites (tertiary alicyclic amines) is 1. The third-order valence-corrected chi connectivity index (χ3v) is 4.81. The van der Waals surface area contributed by atoms with Crippen LogP contribution in [0.15, 0.2) is 24.3 Å². The van der Waals surface area contributed by atoms with E-state index in [0.29, 0.717) is 37.8 Å². The van der Waals surface area contributed by atoms with E-state index < -0.39 is 0 Å². The van der Waals surface area contributed by atoms with Gasteiger partial charge in [-0.2, -0.15) is 0 Å². The maximum Gasteiger partial charge on any atom is 0.236 e. The molecule has 2 saturated heterocycles. The van der Waals surface area contributed by atoms with Crippen LogP contribution < -0.4 is 0 Å². The van der Waals surface area contributed by atoms with Crippen molar-refractivity contribution in [3.05, 3.63) is 35.6 Å². The Balaban J connectivity index is 1.44. The molecule has 24 heavy (non-hydrogen) atoms. The van der Waals surface area contributed by atoms with Crippen LogP contribution in [-0.4, -0.2) is 61.9 Å². The van der Waals surface area contributed by atoms with E-state index in [9.17, 15) is 9.18 Å². The Morgan fingerprint density at radius 2 is 1.92 bits per heavy atom. The van der Waals surface area contributed by atoms with Crippen LogP contribution in [0.5, 0.6) is 0 Å². The molecule has 5 nitrogen and oxygen atoms in total. The lowest BCUT2D eigenvalue weighted by Crippen LogP contribution is -2.43. The molecule has 0 bridgehead atoms. The third-order valence-electron chi connectivity index (χ3n) is 4.81. The number of carbonyl (C=O) groups is 1. The summed E-state index contributed by atoms with van der Waals surface area (Å²) in [7, 11) is 1.72. The smallest absolute Gasteiger partial charge is 0.236 e. The molecule has 2 aliphatic rings. The van der Waals surface area contributed by atoms with Crippen molar-refractivity contribution in [1.82, 2.24) is 9.80 Å². The van der Waals surface area contributed by atoms with Crippen LogP contribution in [0, 0.1) is 11.7 Å². The number of rotatable bonds is 5.